The fourth-order valence-electron chi connectivity index (χ4n) is 3.92. The number of halogens is 1. The van der Waals surface area contributed by atoms with Crippen LogP contribution in [-0.4, -0.2) is 48.3 Å². The second-order valence-corrected chi connectivity index (χ2v) is 10.4. The van der Waals surface area contributed by atoms with Crippen molar-refractivity contribution in [3.8, 4) is 0 Å². The highest BCUT2D eigenvalue weighted by Gasteiger charge is 2.31. The number of anilines is 1. The first kappa shape index (κ1) is 22.6. The Hall–Kier alpha value is -2.62. The molecule has 0 spiro atoms. The summed E-state index contributed by atoms with van der Waals surface area (Å²) < 4.78 is 28.8. The molecule has 1 saturated heterocycles. The van der Waals surface area contributed by atoms with Crippen LogP contribution in [-0.2, 0) is 21.2 Å². The molecular weight excluding hydrogens is 450 g/mol. The van der Waals surface area contributed by atoms with Gasteiger partial charge in [-0.15, -0.1) is 0 Å². The smallest absolute Gasteiger partial charge is 0.241 e. The molecule has 1 amide bonds. The van der Waals surface area contributed by atoms with E-state index in [2.05, 4.69) is 21.6 Å². The highest BCUT2D eigenvalue weighted by atomic mass is 35.5. The third kappa shape index (κ3) is 4.90. The number of hydrogen-bond donors (Lipinski definition) is 3. The molecule has 2 heterocycles. The quantitative estimate of drug-likeness (QED) is 0.473. The van der Waals surface area contributed by atoms with Crippen molar-refractivity contribution >= 4 is 44.3 Å². The Morgan fingerprint density at radius 3 is 2.75 bits per heavy atom. The van der Waals surface area contributed by atoms with E-state index < -0.39 is 16.1 Å². The van der Waals surface area contributed by atoms with Crippen LogP contribution in [0.5, 0.6) is 0 Å². The summed E-state index contributed by atoms with van der Waals surface area (Å²) >= 11 is 5.94. The number of likely N-dealkylation sites (tertiary alicyclic amines) is 1. The summed E-state index contributed by atoms with van der Waals surface area (Å²) in [6, 6.07) is 8.74. The van der Waals surface area contributed by atoms with Crippen molar-refractivity contribution in [1.29, 1.82) is 0 Å². The first-order valence-electron chi connectivity index (χ1n) is 10.5. The number of benzene rings is 2. The molecule has 0 radical (unpaired) electrons. The van der Waals surface area contributed by atoms with Crippen molar-refractivity contribution in [2.24, 2.45) is 5.92 Å². The predicted molar refractivity (Wildman–Crippen MR) is 125 cm³/mol. The lowest BCUT2D eigenvalue weighted by Gasteiger charge is -2.33. The van der Waals surface area contributed by atoms with Gasteiger partial charge >= 0.3 is 0 Å². The summed E-state index contributed by atoms with van der Waals surface area (Å²) in [7, 11) is -4.00. The van der Waals surface area contributed by atoms with Crippen molar-refractivity contribution in [2.45, 2.75) is 37.1 Å². The maximum atomic E-state index is 13.4. The molecule has 0 bridgehead atoms. The topological polar surface area (TPSA) is 121 Å². The molecule has 3 aromatic rings. The molecule has 170 valence electrons. The number of amides is 1. The number of nitrogens with zero attached hydrogens (tertiary/aromatic N) is 2. The van der Waals surface area contributed by atoms with E-state index >= 15 is 0 Å². The number of sulfonamides is 1. The average molecular weight is 476 g/mol. The zero-order valence-electron chi connectivity index (χ0n) is 17.7. The van der Waals surface area contributed by atoms with Gasteiger partial charge in [0.15, 0.2) is 0 Å². The highest BCUT2D eigenvalue weighted by Crippen LogP contribution is 2.24. The molecule has 8 nitrogen and oxygen atoms in total. The Bertz CT molecular complexity index is 1240. The molecule has 1 aliphatic rings. The Balaban J connectivity index is 1.62. The Morgan fingerprint density at radius 1 is 1.28 bits per heavy atom. The number of nitrogens with one attached hydrogen (secondary N) is 2. The van der Waals surface area contributed by atoms with Gasteiger partial charge in [-0.05, 0) is 61.1 Å². The third-order valence-electron chi connectivity index (χ3n) is 5.89. The van der Waals surface area contributed by atoms with E-state index in [1.54, 1.807) is 11.2 Å². The summed E-state index contributed by atoms with van der Waals surface area (Å²) in [5, 5.41) is 0.270. The van der Waals surface area contributed by atoms with Gasteiger partial charge in [-0.2, -0.15) is 4.72 Å². The number of fused-ring (bicyclic) bond motifs is 1. The molecule has 0 aliphatic carbocycles. The minimum absolute atomic E-state index is 0.0338. The van der Waals surface area contributed by atoms with Gasteiger partial charge in [0.05, 0.1) is 33.0 Å². The Morgan fingerprint density at radius 2 is 2.03 bits per heavy atom. The van der Waals surface area contributed by atoms with E-state index in [9.17, 15) is 13.2 Å². The molecule has 2 aromatic carbocycles. The van der Waals surface area contributed by atoms with E-state index in [1.807, 2.05) is 18.2 Å². The van der Waals surface area contributed by atoms with Crippen molar-refractivity contribution < 1.29 is 13.2 Å². The van der Waals surface area contributed by atoms with Gasteiger partial charge in [0.1, 0.15) is 6.04 Å². The van der Waals surface area contributed by atoms with Crippen molar-refractivity contribution in [2.75, 3.05) is 18.8 Å². The monoisotopic (exact) mass is 475 g/mol. The average Bonchev–Trinajstić information content (AvgIpc) is 3.23. The minimum Gasteiger partial charge on any atom is -0.397 e. The minimum atomic E-state index is -4.00. The molecule has 1 aromatic heterocycles. The van der Waals surface area contributed by atoms with Gasteiger partial charge in [-0.3, -0.25) is 4.79 Å². The van der Waals surface area contributed by atoms with Crippen molar-refractivity contribution in [1.82, 2.24) is 19.6 Å². The highest BCUT2D eigenvalue weighted by molar-refractivity contribution is 7.89. The van der Waals surface area contributed by atoms with Gasteiger partial charge in [0, 0.05) is 13.1 Å². The summed E-state index contributed by atoms with van der Waals surface area (Å²) in [6.45, 7) is 3.39. The van der Waals surface area contributed by atoms with Gasteiger partial charge < -0.3 is 15.6 Å². The van der Waals surface area contributed by atoms with Gasteiger partial charge in [-0.25, -0.2) is 13.4 Å². The number of hydrogen-bond acceptors (Lipinski definition) is 5. The molecule has 4 rings (SSSR count). The van der Waals surface area contributed by atoms with Crippen LogP contribution in [0.25, 0.3) is 11.0 Å². The lowest BCUT2D eigenvalue weighted by molar-refractivity contribution is -0.134. The van der Waals surface area contributed by atoms with Gasteiger partial charge in [0.25, 0.3) is 0 Å². The summed E-state index contributed by atoms with van der Waals surface area (Å²) in [6.07, 6.45) is 3.61. The largest absolute Gasteiger partial charge is 0.397 e. The number of aromatic nitrogens is 2. The molecular formula is C22H26ClN5O3S. The first-order chi connectivity index (χ1) is 15.2. The number of aromatic amines is 1. The lowest BCUT2D eigenvalue weighted by atomic mass is 9.98. The maximum absolute atomic E-state index is 13.4. The number of imidazole rings is 1. The summed E-state index contributed by atoms with van der Waals surface area (Å²) in [5.41, 5.74) is 8.41. The number of nitrogen functional groups attached to an aromatic ring is 1. The van der Waals surface area contributed by atoms with E-state index in [1.165, 1.54) is 18.2 Å². The normalized spacial score (nSPS) is 16.4. The van der Waals surface area contributed by atoms with Crippen LogP contribution in [0.4, 0.5) is 5.69 Å². The van der Waals surface area contributed by atoms with Crippen molar-refractivity contribution in [3.05, 3.63) is 53.3 Å². The Labute approximate surface area is 192 Å². The molecule has 0 saturated carbocycles. The van der Waals surface area contributed by atoms with Crippen molar-refractivity contribution in [3.63, 3.8) is 0 Å². The third-order valence-corrected chi connectivity index (χ3v) is 7.71. The zero-order valence-corrected chi connectivity index (χ0v) is 19.3. The van der Waals surface area contributed by atoms with Crippen LogP contribution in [0.2, 0.25) is 5.02 Å². The number of nitrogens with two attached hydrogens (primary N) is 1. The predicted octanol–water partition coefficient (Wildman–Crippen LogP) is 2.95. The number of H-pyrrole nitrogens is 1. The second-order valence-electron chi connectivity index (χ2n) is 8.32. The summed E-state index contributed by atoms with van der Waals surface area (Å²) in [5.74, 6) is 0.320. The number of carbonyl (C=O) groups excluding carboxylic acids is 1. The van der Waals surface area contributed by atoms with Crippen LogP contribution in [0.1, 0.15) is 25.3 Å². The Kier molecular flexibility index (Phi) is 6.41. The first-order valence-corrected chi connectivity index (χ1v) is 12.4. The van der Waals surface area contributed by atoms with E-state index in [0.717, 1.165) is 29.4 Å². The van der Waals surface area contributed by atoms with E-state index in [-0.39, 0.29) is 27.9 Å². The molecule has 32 heavy (non-hydrogen) atoms. The van der Waals surface area contributed by atoms with Gasteiger partial charge in [0.2, 0.25) is 15.9 Å². The van der Waals surface area contributed by atoms with E-state index in [0.29, 0.717) is 19.0 Å². The second kappa shape index (κ2) is 9.09. The molecule has 1 aliphatic heterocycles. The van der Waals surface area contributed by atoms with Crippen LogP contribution in [0.3, 0.4) is 0 Å². The fourth-order valence-corrected chi connectivity index (χ4v) is 5.26. The number of piperidine rings is 1. The SMILES string of the molecule is CC1CCN(C(=O)C(Cc2ccc3nc[nH]c3c2)NS(=O)(=O)c2ccc(Cl)c(N)c2)CC1. The van der Waals surface area contributed by atoms with Crippen LogP contribution >= 0.6 is 11.6 Å². The number of rotatable bonds is 6. The molecule has 1 atom stereocenters. The maximum Gasteiger partial charge on any atom is 0.241 e. The van der Waals surface area contributed by atoms with Crippen LogP contribution in [0, 0.1) is 5.92 Å². The summed E-state index contributed by atoms with van der Waals surface area (Å²) in [4.78, 5) is 22.3. The van der Waals surface area contributed by atoms with Crippen LogP contribution in [0.15, 0.2) is 47.6 Å². The van der Waals surface area contributed by atoms with Gasteiger partial charge in [-0.1, -0.05) is 24.6 Å². The number of carbonyl (C=O) groups is 1. The van der Waals surface area contributed by atoms with Crippen LogP contribution < -0.4 is 10.5 Å². The molecule has 10 heteroatoms. The lowest BCUT2D eigenvalue weighted by Crippen LogP contribution is -2.51. The molecule has 1 fully saturated rings. The molecule has 1 unspecified atom stereocenters. The fraction of sp³-hybridized carbons (Fsp3) is 0.364. The standard InChI is InChI=1S/C22H26ClN5O3S/c1-14-6-8-28(9-7-14)22(29)21(11-15-2-5-19-20(10-15)26-13-25-19)27-32(30,31)16-3-4-17(23)18(24)12-16/h2-5,10,12-14,21,27H,6-9,11,24H2,1H3,(H,25,26). The molecule has 4 N–H and O–H groups in total. The van der Waals surface area contributed by atoms with E-state index in [4.69, 9.17) is 17.3 Å². The zero-order chi connectivity index (χ0) is 22.9.